The molecule has 1 unspecified atom stereocenters. The molecule has 1 fully saturated rings. The predicted octanol–water partition coefficient (Wildman–Crippen LogP) is 0.953. The Labute approximate surface area is 117 Å². The van der Waals surface area contributed by atoms with E-state index in [4.69, 9.17) is 5.73 Å². The minimum Gasteiger partial charge on any atom is -0.329 e. The maximum absolute atomic E-state index is 12.5. The van der Waals surface area contributed by atoms with Gasteiger partial charge < -0.3 is 5.73 Å². The van der Waals surface area contributed by atoms with Crippen molar-refractivity contribution in [2.24, 2.45) is 11.7 Å². The number of likely N-dealkylation sites (N-methyl/N-ethyl adjacent to an activating group) is 1. The van der Waals surface area contributed by atoms with Crippen LogP contribution in [0.5, 0.6) is 0 Å². The number of benzene rings is 1. The zero-order valence-electron chi connectivity index (χ0n) is 11.1. The van der Waals surface area contributed by atoms with Gasteiger partial charge in [-0.2, -0.15) is 4.31 Å². The molecule has 0 saturated heterocycles. The summed E-state index contributed by atoms with van der Waals surface area (Å²) in [6, 6.07) is 4.82. The van der Waals surface area contributed by atoms with Crippen LogP contribution in [0.15, 0.2) is 29.2 Å². The van der Waals surface area contributed by atoms with Crippen molar-refractivity contribution in [3.05, 3.63) is 34.4 Å². The van der Waals surface area contributed by atoms with Gasteiger partial charge in [-0.3, -0.25) is 10.1 Å². The number of rotatable bonds is 6. The minimum atomic E-state index is -3.76. The van der Waals surface area contributed by atoms with E-state index in [1.54, 1.807) is 0 Å². The smallest absolute Gasteiger partial charge is 0.270 e. The number of nitro benzene ring substituents is 1. The lowest BCUT2D eigenvalue weighted by Crippen LogP contribution is -2.43. The van der Waals surface area contributed by atoms with Crippen LogP contribution in [0.25, 0.3) is 0 Å². The first kappa shape index (κ1) is 14.9. The molecular formula is C12H17N3O4S. The third-order valence-electron chi connectivity index (χ3n) is 3.58. The number of nitrogens with zero attached hydrogens (tertiary/aromatic N) is 2. The molecule has 0 amide bonds. The Bertz CT molecular complexity index is 613. The van der Waals surface area contributed by atoms with Crippen LogP contribution in [-0.4, -0.2) is 37.3 Å². The zero-order chi connectivity index (χ0) is 14.9. The summed E-state index contributed by atoms with van der Waals surface area (Å²) in [6.45, 7) is 0.245. The molecule has 110 valence electrons. The average molecular weight is 299 g/mol. The van der Waals surface area contributed by atoms with Gasteiger partial charge in [-0.25, -0.2) is 8.42 Å². The van der Waals surface area contributed by atoms with Crippen LogP contribution in [0.1, 0.15) is 12.8 Å². The molecule has 1 atom stereocenters. The van der Waals surface area contributed by atoms with Gasteiger partial charge in [0.05, 0.1) is 9.82 Å². The molecule has 1 aromatic carbocycles. The SMILES string of the molecule is CN(C(CN)C1CC1)S(=O)(=O)c1cccc([N+](=O)[O-])c1. The molecule has 0 bridgehead atoms. The van der Waals surface area contributed by atoms with E-state index in [1.165, 1.54) is 29.6 Å². The van der Waals surface area contributed by atoms with Crippen molar-refractivity contribution >= 4 is 15.7 Å². The Morgan fingerprint density at radius 2 is 2.15 bits per heavy atom. The lowest BCUT2D eigenvalue weighted by atomic mass is 10.2. The molecule has 0 radical (unpaired) electrons. The van der Waals surface area contributed by atoms with Gasteiger partial charge in [-0.15, -0.1) is 0 Å². The number of nitro groups is 1. The molecule has 0 spiro atoms. The largest absolute Gasteiger partial charge is 0.329 e. The second kappa shape index (κ2) is 5.47. The second-order valence-electron chi connectivity index (χ2n) is 4.92. The predicted molar refractivity (Wildman–Crippen MR) is 73.6 cm³/mol. The number of non-ortho nitro benzene ring substituents is 1. The van der Waals surface area contributed by atoms with Crippen molar-refractivity contribution in [3.8, 4) is 0 Å². The summed E-state index contributed by atoms with van der Waals surface area (Å²) < 4.78 is 26.2. The molecule has 1 saturated carbocycles. The fourth-order valence-corrected chi connectivity index (χ4v) is 3.69. The minimum absolute atomic E-state index is 0.0756. The van der Waals surface area contributed by atoms with Crippen LogP contribution in [-0.2, 0) is 10.0 Å². The molecule has 1 aromatic rings. The highest BCUT2D eigenvalue weighted by molar-refractivity contribution is 7.89. The lowest BCUT2D eigenvalue weighted by molar-refractivity contribution is -0.385. The Hall–Kier alpha value is -1.51. The fraction of sp³-hybridized carbons (Fsp3) is 0.500. The van der Waals surface area contributed by atoms with Gasteiger partial charge in [-0.1, -0.05) is 6.07 Å². The van der Waals surface area contributed by atoms with E-state index in [9.17, 15) is 18.5 Å². The number of nitrogens with two attached hydrogens (primary N) is 1. The molecule has 0 heterocycles. The van der Waals surface area contributed by atoms with Crippen LogP contribution in [0.2, 0.25) is 0 Å². The van der Waals surface area contributed by atoms with Gasteiger partial charge in [-0.05, 0) is 24.8 Å². The summed E-state index contributed by atoms with van der Waals surface area (Å²) >= 11 is 0. The van der Waals surface area contributed by atoms with Crippen molar-refractivity contribution in [1.29, 1.82) is 0 Å². The average Bonchev–Trinajstić information content (AvgIpc) is 3.24. The lowest BCUT2D eigenvalue weighted by Gasteiger charge is -2.26. The fourth-order valence-electron chi connectivity index (χ4n) is 2.22. The van der Waals surface area contributed by atoms with Crippen LogP contribution < -0.4 is 5.73 Å². The summed E-state index contributed by atoms with van der Waals surface area (Å²) in [4.78, 5) is 10.0. The molecule has 7 nitrogen and oxygen atoms in total. The van der Waals surface area contributed by atoms with E-state index in [-0.39, 0.29) is 23.2 Å². The third kappa shape index (κ3) is 2.82. The quantitative estimate of drug-likeness (QED) is 0.621. The molecule has 1 aliphatic carbocycles. The second-order valence-corrected chi connectivity index (χ2v) is 6.91. The summed E-state index contributed by atoms with van der Waals surface area (Å²) in [7, 11) is -2.29. The molecule has 1 aliphatic rings. The highest BCUT2D eigenvalue weighted by atomic mass is 32.2. The topological polar surface area (TPSA) is 107 Å². The van der Waals surface area contributed by atoms with Crippen molar-refractivity contribution in [3.63, 3.8) is 0 Å². The molecule has 8 heteroatoms. The molecular weight excluding hydrogens is 282 g/mol. The zero-order valence-corrected chi connectivity index (χ0v) is 11.9. The Morgan fingerprint density at radius 1 is 1.50 bits per heavy atom. The number of hydrogen-bond donors (Lipinski definition) is 1. The summed E-state index contributed by atoms with van der Waals surface area (Å²) in [5, 5.41) is 10.7. The molecule has 2 rings (SSSR count). The van der Waals surface area contributed by atoms with Crippen LogP contribution in [0.4, 0.5) is 5.69 Å². The van der Waals surface area contributed by atoms with Crippen LogP contribution in [0, 0.1) is 16.0 Å². The summed E-state index contributed by atoms with van der Waals surface area (Å²) in [6.07, 6.45) is 1.94. The Morgan fingerprint density at radius 3 is 2.65 bits per heavy atom. The van der Waals surface area contributed by atoms with Crippen molar-refractivity contribution in [1.82, 2.24) is 4.31 Å². The van der Waals surface area contributed by atoms with E-state index in [2.05, 4.69) is 0 Å². The van der Waals surface area contributed by atoms with E-state index in [0.29, 0.717) is 5.92 Å². The highest BCUT2D eigenvalue weighted by Crippen LogP contribution is 2.36. The van der Waals surface area contributed by atoms with Gasteiger partial charge in [0.1, 0.15) is 0 Å². The van der Waals surface area contributed by atoms with Gasteiger partial charge in [0.25, 0.3) is 5.69 Å². The van der Waals surface area contributed by atoms with E-state index in [1.807, 2.05) is 0 Å². The van der Waals surface area contributed by atoms with E-state index < -0.39 is 14.9 Å². The van der Waals surface area contributed by atoms with Crippen LogP contribution >= 0.6 is 0 Å². The maximum atomic E-state index is 12.5. The third-order valence-corrected chi connectivity index (χ3v) is 5.46. The molecule has 20 heavy (non-hydrogen) atoms. The standard InChI is InChI=1S/C12H17N3O4S/c1-14(12(8-13)9-5-6-9)20(18,19)11-4-2-3-10(7-11)15(16)17/h2-4,7,9,12H,5-6,8,13H2,1H3. The molecule has 0 aromatic heterocycles. The van der Waals surface area contributed by atoms with Gasteiger partial charge in [0.15, 0.2) is 0 Å². The van der Waals surface area contributed by atoms with Crippen molar-refractivity contribution < 1.29 is 13.3 Å². The summed E-state index contributed by atoms with van der Waals surface area (Å²) in [5.74, 6) is 0.290. The van der Waals surface area contributed by atoms with E-state index in [0.717, 1.165) is 18.9 Å². The molecule has 0 aliphatic heterocycles. The maximum Gasteiger partial charge on any atom is 0.270 e. The van der Waals surface area contributed by atoms with Gasteiger partial charge in [0, 0.05) is 31.8 Å². The van der Waals surface area contributed by atoms with Crippen molar-refractivity contribution in [2.45, 2.75) is 23.8 Å². The Kier molecular flexibility index (Phi) is 4.07. The van der Waals surface area contributed by atoms with Crippen LogP contribution in [0.3, 0.4) is 0 Å². The molecule has 2 N–H and O–H groups in total. The van der Waals surface area contributed by atoms with Crippen molar-refractivity contribution in [2.75, 3.05) is 13.6 Å². The highest BCUT2D eigenvalue weighted by Gasteiger charge is 2.38. The first-order chi connectivity index (χ1) is 9.37. The first-order valence-corrected chi connectivity index (χ1v) is 7.74. The van der Waals surface area contributed by atoms with Gasteiger partial charge >= 0.3 is 0 Å². The number of hydrogen-bond acceptors (Lipinski definition) is 5. The normalized spacial score (nSPS) is 17.1. The number of sulfonamides is 1. The monoisotopic (exact) mass is 299 g/mol. The first-order valence-electron chi connectivity index (χ1n) is 6.30. The van der Waals surface area contributed by atoms with Gasteiger partial charge in [0.2, 0.25) is 10.0 Å². The Balaban J connectivity index is 2.33. The van der Waals surface area contributed by atoms with E-state index >= 15 is 0 Å². The summed E-state index contributed by atoms with van der Waals surface area (Å²) in [5.41, 5.74) is 5.41.